The normalized spacial score (nSPS) is 11.9. The van der Waals surface area contributed by atoms with Crippen molar-refractivity contribution in [2.24, 2.45) is 11.8 Å². The van der Waals surface area contributed by atoms with Crippen LogP contribution in [0, 0.1) is 11.8 Å². The van der Waals surface area contributed by atoms with Crippen LogP contribution in [0.5, 0.6) is 0 Å². The van der Waals surface area contributed by atoms with Crippen LogP contribution >= 0.6 is 0 Å². The van der Waals surface area contributed by atoms with Gasteiger partial charge in [-0.25, -0.2) is 4.79 Å². The van der Waals surface area contributed by atoms with Gasteiger partial charge in [-0.05, 0) is 11.8 Å². The van der Waals surface area contributed by atoms with E-state index in [0.717, 1.165) is 0 Å². The van der Waals surface area contributed by atoms with Crippen LogP contribution in [0.3, 0.4) is 0 Å². The van der Waals surface area contributed by atoms with E-state index >= 15 is 0 Å². The van der Waals surface area contributed by atoms with Gasteiger partial charge in [-0.15, -0.1) is 0 Å². The second-order valence-corrected chi connectivity index (χ2v) is 4.22. The van der Waals surface area contributed by atoms with Gasteiger partial charge in [-0.1, -0.05) is 52.0 Å². The molecule has 0 radical (unpaired) electrons. The monoisotopic (exact) mass is 226 g/mol. The molecule has 92 valence electrons. The minimum Gasteiger partial charge on any atom is -0.430 e. The summed E-state index contributed by atoms with van der Waals surface area (Å²) in [5.74, 6) is 0.933. The molecule has 0 spiro atoms. The van der Waals surface area contributed by atoms with Crippen LogP contribution in [-0.2, 0) is 9.47 Å². The van der Waals surface area contributed by atoms with Gasteiger partial charge in [0.2, 0.25) is 0 Å². The second kappa shape index (κ2) is 9.01. The molecule has 0 saturated carbocycles. The summed E-state index contributed by atoms with van der Waals surface area (Å²) in [4.78, 5) is 11.0. The molecule has 0 atom stereocenters. The van der Waals surface area contributed by atoms with Crippen molar-refractivity contribution in [1.82, 2.24) is 0 Å². The fourth-order valence-electron chi connectivity index (χ4n) is 0.929. The number of hydrogen-bond donors (Lipinski definition) is 0. The Balaban J connectivity index is 3.52. The van der Waals surface area contributed by atoms with Gasteiger partial charge < -0.3 is 9.47 Å². The second-order valence-electron chi connectivity index (χ2n) is 4.22. The summed E-state index contributed by atoms with van der Waals surface area (Å²) in [5, 5.41) is 0. The fourth-order valence-corrected chi connectivity index (χ4v) is 0.929. The molecule has 0 saturated heterocycles. The van der Waals surface area contributed by atoms with Crippen molar-refractivity contribution in [2.45, 2.75) is 27.7 Å². The summed E-state index contributed by atoms with van der Waals surface area (Å²) < 4.78 is 9.64. The lowest BCUT2D eigenvalue weighted by Crippen LogP contribution is -2.07. The van der Waals surface area contributed by atoms with E-state index in [1.807, 2.05) is 24.3 Å². The largest absolute Gasteiger partial charge is 0.508 e. The predicted molar refractivity (Wildman–Crippen MR) is 65.3 cm³/mol. The third-order valence-corrected chi connectivity index (χ3v) is 1.64. The number of hydrogen-bond acceptors (Lipinski definition) is 3. The molecule has 0 bridgehead atoms. The summed E-state index contributed by atoms with van der Waals surface area (Å²) in [5.41, 5.74) is 0. The zero-order valence-electron chi connectivity index (χ0n) is 10.6. The van der Waals surface area contributed by atoms with Gasteiger partial charge in [0.1, 0.15) is 13.2 Å². The predicted octanol–water partition coefficient (Wildman–Crippen LogP) is 3.56. The molecule has 0 aromatic rings. The lowest BCUT2D eigenvalue weighted by atomic mass is 10.2. The third kappa shape index (κ3) is 10.8. The lowest BCUT2D eigenvalue weighted by molar-refractivity contribution is 0.0716. The molecule has 0 aliphatic carbocycles. The average molecular weight is 226 g/mol. The Kier molecular flexibility index (Phi) is 8.31. The molecule has 0 rings (SSSR count). The highest BCUT2D eigenvalue weighted by atomic mass is 16.7. The van der Waals surface area contributed by atoms with Crippen LogP contribution in [0.1, 0.15) is 27.7 Å². The van der Waals surface area contributed by atoms with Crippen molar-refractivity contribution < 1.29 is 14.3 Å². The zero-order valence-corrected chi connectivity index (χ0v) is 10.6. The number of carbonyl (C=O) groups is 1. The highest BCUT2D eigenvalue weighted by Crippen LogP contribution is 1.95. The van der Waals surface area contributed by atoms with Crippen molar-refractivity contribution >= 4 is 6.16 Å². The smallest absolute Gasteiger partial charge is 0.430 e. The summed E-state index contributed by atoms with van der Waals surface area (Å²) in [6.07, 6.45) is 6.96. The first kappa shape index (κ1) is 14.8. The first-order chi connectivity index (χ1) is 7.52. The highest BCUT2D eigenvalue weighted by molar-refractivity contribution is 5.60. The van der Waals surface area contributed by atoms with Crippen LogP contribution < -0.4 is 0 Å². The average Bonchev–Trinajstić information content (AvgIpc) is 2.19. The van der Waals surface area contributed by atoms with Crippen molar-refractivity contribution in [3.05, 3.63) is 24.3 Å². The van der Waals surface area contributed by atoms with Gasteiger partial charge in [-0.2, -0.15) is 0 Å². The molecule has 0 amide bonds. The third-order valence-electron chi connectivity index (χ3n) is 1.64. The summed E-state index contributed by atoms with van der Waals surface area (Å²) in [6, 6.07) is 0. The van der Waals surface area contributed by atoms with E-state index in [0.29, 0.717) is 11.8 Å². The first-order valence-electron chi connectivity index (χ1n) is 5.65. The number of allylic oxidation sites excluding steroid dienone is 2. The quantitative estimate of drug-likeness (QED) is 0.513. The molecule has 3 nitrogen and oxygen atoms in total. The van der Waals surface area contributed by atoms with Crippen molar-refractivity contribution in [2.75, 3.05) is 13.2 Å². The van der Waals surface area contributed by atoms with Crippen LogP contribution in [0.25, 0.3) is 0 Å². The summed E-state index contributed by atoms with van der Waals surface area (Å²) in [6.45, 7) is 8.78. The number of ether oxygens (including phenoxy) is 2. The van der Waals surface area contributed by atoms with E-state index in [1.54, 1.807) is 0 Å². The molecule has 0 aliphatic rings. The van der Waals surface area contributed by atoms with E-state index < -0.39 is 6.16 Å². The Hall–Kier alpha value is -1.25. The van der Waals surface area contributed by atoms with Gasteiger partial charge in [0.05, 0.1) is 0 Å². The maximum Gasteiger partial charge on any atom is 0.508 e. The minimum absolute atomic E-state index is 0.269. The molecule has 3 heteroatoms. The molecule has 0 heterocycles. The maximum absolute atomic E-state index is 11.0. The van der Waals surface area contributed by atoms with E-state index in [9.17, 15) is 4.79 Å². The maximum atomic E-state index is 11.0. The van der Waals surface area contributed by atoms with E-state index in [2.05, 4.69) is 27.7 Å². The van der Waals surface area contributed by atoms with Gasteiger partial charge in [0.25, 0.3) is 0 Å². The number of carbonyl (C=O) groups excluding carboxylic acids is 1. The van der Waals surface area contributed by atoms with Crippen molar-refractivity contribution in [3.63, 3.8) is 0 Å². The van der Waals surface area contributed by atoms with Crippen molar-refractivity contribution in [1.29, 1.82) is 0 Å². The topological polar surface area (TPSA) is 35.5 Å². The Bertz CT molecular complexity index is 216. The van der Waals surface area contributed by atoms with Crippen LogP contribution in [0.2, 0.25) is 0 Å². The Morgan fingerprint density at radius 2 is 1.31 bits per heavy atom. The minimum atomic E-state index is -0.623. The zero-order chi connectivity index (χ0) is 12.4. The SMILES string of the molecule is CC(C)/C=C/COC(=O)OC/C=C/C(C)C. The molecule has 0 fully saturated rings. The van der Waals surface area contributed by atoms with Gasteiger partial charge >= 0.3 is 6.16 Å². The molecule has 0 aliphatic heterocycles. The Morgan fingerprint density at radius 3 is 1.62 bits per heavy atom. The van der Waals surface area contributed by atoms with Gasteiger partial charge in [0.15, 0.2) is 0 Å². The van der Waals surface area contributed by atoms with E-state index in [1.165, 1.54) is 0 Å². The Labute approximate surface area is 98.1 Å². The van der Waals surface area contributed by atoms with Crippen molar-refractivity contribution in [3.8, 4) is 0 Å². The molecular formula is C13H22O3. The van der Waals surface area contributed by atoms with Crippen LogP contribution in [0.15, 0.2) is 24.3 Å². The Morgan fingerprint density at radius 1 is 0.938 bits per heavy atom. The molecule has 16 heavy (non-hydrogen) atoms. The summed E-state index contributed by atoms with van der Waals surface area (Å²) >= 11 is 0. The van der Waals surface area contributed by atoms with E-state index in [-0.39, 0.29) is 13.2 Å². The standard InChI is InChI=1S/C13H22O3/c1-11(2)7-5-9-15-13(14)16-10-6-8-12(3)4/h5-8,11-12H,9-10H2,1-4H3/b7-5+,8-6+. The molecule has 0 unspecified atom stereocenters. The lowest BCUT2D eigenvalue weighted by Gasteiger charge is -2.02. The van der Waals surface area contributed by atoms with E-state index in [4.69, 9.17) is 9.47 Å². The first-order valence-corrected chi connectivity index (χ1v) is 5.65. The van der Waals surface area contributed by atoms with Gasteiger partial charge in [-0.3, -0.25) is 0 Å². The molecular weight excluding hydrogens is 204 g/mol. The molecule has 0 aromatic heterocycles. The number of rotatable bonds is 6. The molecule has 0 N–H and O–H groups in total. The van der Waals surface area contributed by atoms with Crippen LogP contribution in [-0.4, -0.2) is 19.4 Å². The highest BCUT2D eigenvalue weighted by Gasteiger charge is 1.99. The van der Waals surface area contributed by atoms with Gasteiger partial charge in [0, 0.05) is 0 Å². The summed E-state index contributed by atoms with van der Waals surface area (Å²) in [7, 11) is 0. The molecule has 0 aromatic carbocycles. The fraction of sp³-hybridized carbons (Fsp3) is 0.615. The van der Waals surface area contributed by atoms with Crippen LogP contribution in [0.4, 0.5) is 4.79 Å².